The summed E-state index contributed by atoms with van der Waals surface area (Å²) in [6, 6.07) is 3.50. The molecule has 0 radical (unpaired) electrons. The number of hydrogen-bond acceptors (Lipinski definition) is 5. The van der Waals surface area contributed by atoms with Gasteiger partial charge in [0.15, 0.2) is 0 Å². The van der Waals surface area contributed by atoms with Gasteiger partial charge in [0.1, 0.15) is 5.82 Å². The van der Waals surface area contributed by atoms with Crippen LogP contribution in [0.3, 0.4) is 0 Å². The van der Waals surface area contributed by atoms with E-state index in [1.165, 1.54) is 4.90 Å². The van der Waals surface area contributed by atoms with Gasteiger partial charge in [0.25, 0.3) is 0 Å². The SMILES string of the molecule is C[C@@H]1CN(C(=O)O)CCN1c1ccc(N[O-])nc1. The maximum Gasteiger partial charge on any atom is 0.407 e. The van der Waals surface area contributed by atoms with Gasteiger partial charge in [-0.3, -0.25) is 0 Å². The summed E-state index contributed by atoms with van der Waals surface area (Å²) in [4.78, 5) is 18.3. The Kier molecular flexibility index (Phi) is 3.52. The van der Waals surface area contributed by atoms with Gasteiger partial charge in [0, 0.05) is 25.7 Å². The first kappa shape index (κ1) is 12.4. The number of carbonyl (C=O) groups is 1. The molecule has 1 saturated heterocycles. The minimum atomic E-state index is -0.884. The van der Waals surface area contributed by atoms with Gasteiger partial charge in [0.05, 0.1) is 11.9 Å². The first-order valence-electron chi connectivity index (χ1n) is 5.70. The predicted octanol–water partition coefficient (Wildman–Crippen LogP) is 1.18. The van der Waals surface area contributed by atoms with Gasteiger partial charge in [-0.25, -0.2) is 9.78 Å². The van der Waals surface area contributed by atoms with E-state index in [1.807, 2.05) is 6.92 Å². The van der Waals surface area contributed by atoms with Crippen molar-refractivity contribution >= 4 is 17.6 Å². The molecular formula is C11H15N4O3-. The standard InChI is InChI=1S/C11H15N4O3/c1-8-7-14(11(16)17)4-5-15(8)9-2-3-10(13-18)12-6-9/h2-3,6,8H,4-5,7H2,1H3,(H2-,12,13,16,17,18)/q-1/t8-/m1/s1. The number of aromatic nitrogens is 1. The summed E-state index contributed by atoms with van der Waals surface area (Å²) in [5.74, 6) is 0.274. The summed E-state index contributed by atoms with van der Waals surface area (Å²) >= 11 is 0. The number of anilines is 2. The van der Waals surface area contributed by atoms with Crippen LogP contribution in [-0.2, 0) is 0 Å². The van der Waals surface area contributed by atoms with E-state index in [0.29, 0.717) is 19.6 Å². The minimum absolute atomic E-state index is 0.0858. The predicted molar refractivity (Wildman–Crippen MR) is 67.6 cm³/mol. The first-order chi connectivity index (χ1) is 8.61. The Labute approximate surface area is 105 Å². The Morgan fingerprint density at radius 3 is 2.83 bits per heavy atom. The monoisotopic (exact) mass is 251 g/mol. The van der Waals surface area contributed by atoms with Crippen molar-refractivity contribution in [2.75, 3.05) is 30.0 Å². The molecule has 0 unspecified atom stereocenters. The highest BCUT2D eigenvalue weighted by molar-refractivity contribution is 5.65. The fourth-order valence-electron chi connectivity index (χ4n) is 2.13. The van der Waals surface area contributed by atoms with Crippen LogP contribution in [0, 0.1) is 5.21 Å². The van der Waals surface area contributed by atoms with Crippen LogP contribution in [0.2, 0.25) is 0 Å². The van der Waals surface area contributed by atoms with Gasteiger partial charge in [-0.2, -0.15) is 0 Å². The van der Waals surface area contributed by atoms with Crippen molar-refractivity contribution in [2.24, 2.45) is 0 Å². The zero-order chi connectivity index (χ0) is 13.1. The maximum atomic E-state index is 10.9. The number of piperazine rings is 1. The molecule has 98 valence electrons. The average Bonchev–Trinajstić information content (AvgIpc) is 2.38. The largest absolute Gasteiger partial charge is 0.760 e. The lowest BCUT2D eigenvalue weighted by Gasteiger charge is -2.40. The lowest BCUT2D eigenvalue weighted by atomic mass is 10.2. The van der Waals surface area contributed by atoms with Gasteiger partial charge in [-0.05, 0) is 19.1 Å². The molecule has 18 heavy (non-hydrogen) atoms. The highest BCUT2D eigenvalue weighted by atomic mass is 16.5. The molecule has 2 N–H and O–H groups in total. The molecule has 1 aromatic heterocycles. The van der Waals surface area contributed by atoms with Crippen molar-refractivity contribution in [3.8, 4) is 0 Å². The molecule has 1 aliphatic rings. The van der Waals surface area contributed by atoms with Crippen LogP contribution in [0.25, 0.3) is 0 Å². The summed E-state index contributed by atoms with van der Waals surface area (Å²) in [6.45, 7) is 3.53. The van der Waals surface area contributed by atoms with E-state index in [9.17, 15) is 10.0 Å². The summed E-state index contributed by atoms with van der Waals surface area (Å²) in [7, 11) is 0. The zero-order valence-electron chi connectivity index (χ0n) is 10.0. The van der Waals surface area contributed by atoms with Crippen LogP contribution < -0.4 is 10.4 Å². The van der Waals surface area contributed by atoms with Crippen molar-refractivity contribution in [3.05, 3.63) is 23.5 Å². The van der Waals surface area contributed by atoms with Crippen LogP contribution in [-0.4, -0.2) is 46.8 Å². The number of rotatable bonds is 2. The number of amides is 1. The first-order valence-corrected chi connectivity index (χ1v) is 5.70. The molecule has 1 amide bonds. The topological polar surface area (TPSA) is 91.8 Å². The second-order valence-electron chi connectivity index (χ2n) is 4.27. The highest BCUT2D eigenvalue weighted by Gasteiger charge is 2.26. The summed E-state index contributed by atoms with van der Waals surface area (Å²) < 4.78 is 0. The van der Waals surface area contributed by atoms with Crippen molar-refractivity contribution in [1.82, 2.24) is 9.88 Å². The van der Waals surface area contributed by atoms with E-state index >= 15 is 0 Å². The normalized spacial score (nSPS) is 19.8. The minimum Gasteiger partial charge on any atom is -0.760 e. The lowest BCUT2D eigenvalue weighted by Crippen LogP contribution is -2.53. The second kappa shape index (κ2) is 5.09. The van der Waals surface area contributed by atoms with Crippen molar-refractivity contribution < 1.29 is 9.90 Å². The molecular weight excluding hydrogens is 236 g/mol. The zero-order valence-corrected chi connectivity index (χ0v) is 10.0. The molecule has 0 aliphatic carbocycles. The van der Waals surface area contributed by atoms with Crippen molar-refractivity contribution in [1.29, 1.82) is 0 Å². The maximum absolute atomic E-state index is 10.9. The molecule has 2 heterocycles. The molecule has 0 aromatic carbocycles. The van der Waals surface area contributed by atoms with Crippen LogP contribution in [0.1, 0.15) is 6.92 Å². The van der Waals surface area contributed by atoms with E-state index in [-0.39, 0.29) is 11.9 Å². The molecule has 7 heteroatoms. The third kappa shape index (κ3) is 2.45. The van der Waals surface area contributed by atoms with Gasteiger partial charge in [-0.1, -0.05) is 0 Å². The number of nitrogens with zero attached hydrogens (tertiary/aromatic N) is 3. The van der Waals surface area contributed by atoms with Crippen LogP contribution in [0.4, 0.5) is 16.3 Å². The third-order valence-corrected chi connectivity index (χ3v) is 3.08. The van der Waals surface area contributed by atoms with E-state index in [2.05, 4.69) is 9.88 Å². The number of pyridine rings is 1. The summed E-state index contributed by atoms with van der Waals surface area (Å²) in [6.07, 6.45) is 0.734. The van der Waals surface area contributed by atoms with Gasteiger partial charge < -0.3 is 25.6 Å². The fourth-order valence-corrected chi connectivity index (χ4v) is 2.13. The molecule has 2 rings (SSSR count). The van der Waals surface area contributed by atoms with Crippen LogP contribution in [0.5, 0.6) is 0 Å². The molecule has 1 fully saturated rings. The highest BCUT2D eigenvalue weighted by Crippen LogP contribution is 2.20. The molecule has 1 aliphatic heterocycles. The second-order valence-corrected chi connectivity index (χ2v) is 4.27. The molecule has 1 atom stereocenters. The van der Waals surface area contributed by atoms with E-state index in [4.69, 9.17) is 5.11 Å². The fraction of sp³-hybridized carbons (Fsp3) is 0.455. The Morgan fingerprint density at radius 2 is 2.33 bits per heavy atom. The van der Waals surface area contributed by atoms with Crippen molar-refractivity contribution in [3.63, 3.8) is 0 Å². The van der Waals surface area contributed by atoms with Gasteiger partial charge in [0.2, 0.25) is 0 Å². The molecule has 0 saturated carbocycles. The Hall–Kier alpha value is -2.02. The summed E-state index contributed by atoms with van der Waals surface area (Å²) in [5.41, 5.74) is 2.62. The molecule has 0 bridgehead atoms. The van der Waals surface area contributed by atoms with Crippen LogP contribution in [0.15, 0.2) is 18.3 Å². The van der Waals surface area contributed by atoms with Gasteiger partial charge in [-0.15, -0.1) is 0 Å². The summed E-state index contributed by atoms with van der Waals surface area (Å²) in [5, 5.41) is 19.3. The Bertz CT molecular complexity index is 423. The van der Waals surface area contributed by atoms with E-state index in [1.54, 1.807) is 23.8 Å². The average molecular weight is 251 g/mol. The van der Waals surface area contributed by atoms with Crippen LogP contribution >= 0.6 is 0 Å². The number of carboxylic acid groups (broad SMARTS) is 1. The Balaban J connectivity index is 2.07. The van der Waals surface area contributed by atoms with Crippen molar-refractivity contribution in [2.45, 2.75) is 13.0 Å². The smallest absolute Gasteiger partial charge is 0.407 e. The Morgan fingerprint density at radius 1 is 1.56 bits per heavy atom. The number of nitrogens with one attached hydrogen (secondary N) is 1. The molecule has 7 nitrogen and oxygen atoms in total. The van der Waals surface area contributed by atoms with E-state index in [0.717, 1.165) is 5.69 Å². The quantitative estimate of drug-likeness (QED) is 0.767. The molecule has 1 aromatic rings. The third-order valence-electron chi connectivity index (χ3n) is 3.08. The van der Waals surface area contributed by atoms with E-state index < -0.39 is 6.09 Å². The molecule has 0 spiro atoms. The lowest BCUT2D eigenvalue weighted by molar-refractivity contribution is 0.136. The number of hydrogen-bond donors (Lipinski definition) is 2. The van der Waals surface area contributed by atoms with Gasteiger partial charge >= 0.3 is 6.09 Å².